The van der Waals surface area contributed by atoms with Crippen LogP contribution in [0.1, 0.15) is 113 Å². The van der Waals surface area contributed by atoms with Crippen molar-refractivity contribution in [2.24, 2.45) is 11.3 Å². The molecule has 3 aromatic rings. The second-order valence-electron chi connectivity index (χ2n) is 21.2. The average molecular weight is 1030 g/mol. The van der Waals surface area contributed by atoms with Gasteiger partial charge in [0.1, 0.15) is 31.1 Å². The second kappa shape index (κ2) is 28.0. The van der Waals surface area contributed by atoms with Crippen molar-refractivity contribution in [3.05, 3.63) is 107 Å². The predicted octanol–water partition coefficient (Wildman–Crippen LogP) is 5.28. The molecule has 0 bridgehead atoms. The smallest absolute Gasteiger partial charge is 0.253 e. The number of fused-ring (bicyclic) bond motifs is 1. The number of Topliss-reactive ketones (excluding diaryl/α,β-unsaturated/α-hetero) is 1. The maximum atomic E-state index is 14.5. The summed E-state index contributed by atoms with van der Waals surface area (Å²) >= 11 is 0. The molecule has 0 spiro atoms. The van der Waals surface area contributed by atoms with Gasteiger partial charge in [0.25, 0.3) is 5.91 Å². The van der Waals surface area contributed by atoms with Crippen molar-refractivity contribution >= 4 is 35.3 Å². The van der Waals surface area contributed by atoms with E-state index in [4.69, 9.17) is 9.47 Å². The van der Waals surface area contributed by atoms with E-state index in [0.29, 0.717) is 38.0 Å². The fourth-order valence-electron chi connectivity index (χ4n) is 10.2. The maximum absolute atomic E-state index is 14.5. The summed E-state index contributed by atoms with van der Waals surface area (Å²) < 4.78 is 12.3. The Bertz CT molecular complexity index is 2550. The molecule has 9 atom stereocenters. The summed E-state index contributed by atoms with van der Waals surface area (Å²) in [5, 5.41) is 12.1. The lowest BCUT2D eigenvalue weighted by atomic mass is 9.76. The molecule has 0 unspecified atom stereocenters. The van der Waals surface area contributed by atoms with Gasteiger partial charge in [-0.15, -0.1) is 0 Å². The third kappa shape index (κ3) is 16.1. The molecule has 3 aliphatic rings. The summed E-state index contributed by atoms with van der Waals surface area (Å²) in [6.45, 7) is 12.4. The van der Waals surface area contributed by atoms with Crippen LogP contribution < -0.4 is 21.3 Å². The van der Waals surface area contributed by atoms with Gasteiger partial charge in [-0.05, 0) is 119 Å². The number of nitrogens with zero attached hydrogens (tertiary/aromatic N) is 3. The first-order valence-electron chi connectivity index (χ1n) is 26.7. The van der Waals surface area contributed by atoms with E-state index in [0.717, 1.165) is 36.8 Å². The Kier molecular flexibility index (Phi) is 21.6. The van der Waals surface area contributed by atoms with E-state index in [2.05, 4.69) is 57.1 Å². The molecule has 75 heavy (non-hydrogen) atoms. The van der Waals surface area contributed by atoms with Gasteiger partial charge in [0.15, 0.2) is 0 Å². The zero-order chi connectivity index (χ0) is 54.1. The van der Waals surface area contributed by atoms with E-state index in [1.165, 1.54) is 5.56 Å². The molecule has 4 N–H and O–H groups in total. The van der Waals surface area contributed by atoms with Gasteiger partial charge in [-0.1, -0.05) is 105 Å². The molecule has 15 nitrogen and oxygen atoms in total. The quantitative estimate of drug-likeness (QED) is 0.0970. The molecule has 0 aromatic heterocycles. The zero-order valence-corrected chi connectivity index (χ0v) is 45.3. The van der Waals surface area contributed by atoms with E-state index < -0.39 is 47.7 Å². The summed E-state index contributed by atoms with van der Waals surface area (Å²) in [5.41, 5.74) is 3.43. The molecule has 3 aromatic carbocycles. The number of ketones is 1. The lowest BCUT2D eigenvalue weighted by Gasteiger charge is -2.36. The SMILES string of the molecule is CN[C@@H](C)C(=O)C[C@H](C(=O)N1C[C@@H](OCC#CC#CCO[C@H](C)[C@H](NC(=O)[C@H](C)NC)C(=O)N2CCC[C@H]2CN(CCc2ccccc2)C(=O)c2ccccc2)C[C@H]1C(=O)N[C@@H]1CCCc2ccccc21)C(C)(C)C. The number of rotatable bonds is 22. The van der Waals surface area contributed by atoms with Crippen molar-refractivity contribution in [2.75, 3.05) is 53.5 Å². The molecule has 1 aliphatic carbocycles. The highest BCUT2D eigenvalue weighted by molar-refractivity contribution is 5.95. The van der Waals surface area contributed by atoms with Crippen LogP contribution in [0.25, 0.3) is 0 Å². The van der Waals surface area contributed by atoms with Crippen LogP contribution in [0.4, 0.5) is 0 Å². The second-order valence-corrected chi connectivity index (χ2v) is 21.2. The first-order valence-corrected chi connectivity index (χ1v) is 26.7. The number of nitrogens with one attached hydrogen (secondary N) is 4. The molecule has 0 saturated carbocycles. The Morgan fingerprint density at radius 3 is 2.15 bits per heavy atom. The first kappa shape index (κ1) is 57.9. The lowest BCUT2D eigenvalue weighted by Crippen LogP contribution is -2.58. The van der Waals surface area contributed by atoms with E-state index in [1.807, 2.05) is 86.3 Å². The number of carbonyl (C=O) groups excluding carboxylic acids is 6. The Labute approximate surface area is 445 Å². The summed E-state index contributed by atoms with van der Waals surface area (Å²) in [5.74, 6) is 9.43. The number of likely N-dealkylation sites (N-methyl/N-ethyl adjacent to an activating group) is 2. The minimum Gasteiger partial charge on any atom is -0.364 e. The number of amides is 5. The predicted molar refractivity (Wildman–Crippen MR) is 290 cm³/mol. The summed E-state index contributed by atoms with van der Waals surface area (Å²) in [6.07, 6.45) is 3.83. The molecule has 5 amide bonds. The maximum Gasteiger partial charge on any atom is 0.253 e. The molecular formula is C60H79N7O8. The van der Waals surface area contributed by atoms with Crippen molar-refractivity contribution in [3.8, 4) is 23.7 Å². The van der Waals surface area contributed by atoms with Gasteiger partial charge in [-0.25, -0.2) is 0 Å². The van der Waals surface area contributed by atoms with Crippen LogP contribution in [-0.2, 0) is 46.3 Å². The lowest BCUT2D eigenvalue weighted by molar-refractivity contribution is -0.146. The van der Waals surface area contributed by atoms with Crippen LogP contribution in [0, 0.1) is 35.0 Å². The number of hydrogen-bond donors (Lipinski definition) is 4. The number of benzene rings is 3. The van der Waals surface area contributed by atoms with Crippen molar-refractivity contribution in [3.63, 3.8) is 0 Å². The van der Waals surface area contributed by atoms with E-state index >= 15 is 0 Å². The van der Waals surface area contributed by atoms with Crippen molar-refractivity contribution in [1.29, 1.82) is 0 Å². The monoisotopic (exact) mass is 1030 g/mol. The third-order valence-corrected chi connectivity index (χ3v) is 15.0. The van der Waals surface area contributed by atoms with Crippen LogP contribution in [0.3, 0.4) is 0 Å². The highest BCUT2D eigenvalue weighted by Gasteiger charge is 2.46. The van der Waals surface area contributed by atoms with Gasteiger partial charge in [0, 0.05) is 56.5 Å². The summed E-state index contributed by atoms with van der Waals surface area (Å²) in [6, 6.07) is 24.0. The molecule has 6 rings (SSSR count). The molecule has 2 saturated heterocycles. The van der Waals surface area contributed by atoms with Crippen LogP contribution >= 0.6 is 0 Å². The number of carbonyl (C=O) groups is 6. The van der Waals surface area contributed by atoms with Gasteiger partial charge in [-0.3, -0.25) is 28.8 Å². The van der Waals surface area contributed by atoms with Gasteiger partial charge in [0.05, 0.1) is 30.3 Å². The minimum absolute atomic E-state index is 0.00622. The van der Waals surface area contributed by atoms with Gasteiger partial charge in [-0.2, -0.15) is 0 Å². The molecule has 2 aliphatic heterocycles. The molecular weight excluding hydrogens is 947 g/mol. The molecule has 0 radical (unpaired) electrons. The number of likely N-dealkylation sites (tertiary alicyclic amines) is 2. The first-order chi connectivity index (χ1) is 36.0. The number of ether oxygens (including phenoxy) is 2. The Hall–Kier alpha value is -6.36. The fraction of sp³-hybridized carbons (Fsp3) is 0.533. The molecule has 402 valence electrons. The van der Waals surface area contributed by atoms with Crippen LogP contribution in [0.5, 0.6) is 0 Å². The Balaban J connectivity index is 1.09. The van der Waals surface area contributed by atoms with Crippen LogP contribution in [0.15, 0.2) is 84.9 Å². The van der Waals surface area contributed by atoms with Crippen LogP contribution in [0.2, 0.25) is 0 Å². The summed E-state index contributed by atoms with van der Waals surface area (Å²) in [4.78, 5) is 89.0. The highest BCUT2D eigenvalue weighted by Crippen LogP contribution is 2.35. The van der Waals surface area contributed by atoms with E-state index in [1.54, 1.807) is 56.8 Å². The molecule has 2 heterocycles. The van der Waals surface area contributed by atoms with Crippen molar-refractivity contribution in [2.45, 2.75) is 141 Å². The Morgan fingerprint density at radius 2 is 1.45 bits per heavy atom. The zero-order valence-electron chi connectivity index (χ0n) is 45.3. The number of aryl methyl sites for hydroxylation is 1. The fourth-order valence-corrected chi connectivity index (χ4v) is 10.2. The van der Waals surface area contributed by atoms with Gasteiger partial charge >= 0.3 is 0 Å². The van der Waals surface area contributed by atoms with Crippen molar-refractivity contribution in [1.82, 2.24) is 36.0 Å². The largest absolute Gasteiger partial charge is 0.364 e. The summed E-state index contributed by atoms with van der Waals surface area (Å²) in [7, 11) is 3.39. The molecule has 2 fully saturated rings. The van der Waals surface area contributed by atoms with Gasteiger partial charge < -0.3 is 45.4 Å². The normalized spacial score (nSPS) is 20.2. The van der Waals surface area contributed by atoms with Gasteiger partial charge in [0.2, 0.25) is 23.6 Å². The number of hydrogen-bond acceptors (Lipinski definition) is 10. The average Bonchev–Trinajstić information content (AvgIpc) is 4.08. The molecule has 15 heteroatoms. The highest BCUT2D eigenvalue weighted by atomic mass is 16.5. The minimum atomic E-state index is -1.03. The van der Waals surface area contributed by atoms with Crippen LogP contribution in [-0.4, -0.2) is 146 Å². The third-order valence-electron chi connectivity index (χ3n) is 15.0. The topological polar surface area (TPSA) is 179 Å². The Morgan fingerprint density at radius 1 is 0.787 bits per heavy atom. The standard InChI is InChI=1S/C60H79N7O8/c1-41(61-7)53(68)38-50(60(4,5)6)58(72)67-40-48(37-52(67)56(70)63-51-31-21-28-45-25-17-18-30-49(45)51)75-36-20-10-9-19-35-74-43(3)54(64-55(69)42(2)62-8)59(73)66-33-22-29-47(66)39-65(34-32-44-23-13-11-14-24-44)57(71)46-26-15-12-16-27-46/h11-18,23-27,30,41-43,47-48,50-52,54,61-62H,21-22,28-29,31-40H2,1-8H3,(H,63,70)(H,64,69)/t41-,42-,43+,47-,48-,50+,51+,52-,54-/m0/s1. The van der Waals surface area contributed by atoms with E-state index in [9.17, 15) is 28.8 Å². The van der Waals surface area contributed by atoms with Crippen molar-refractivity contribution < 1.29 is 38.2 Å². The van der Waals surface area contributed by atoms with E-state index in [-0.39, 0.29) is 80.0 Å².